The lowest BCUT2D eigenvalue weighted by molar-refractivity contribution is -0.161. The van der Waals surface area contributed by atoms with Crippen molar-refractivity contribution in [2.24, 2.45) is 5.92 Å². The SMILES string of the molecule is CCOC(=O)C(CCCCCOc1cc2ccccc2cc1-c1nc2cc(-c3ccccc3)ccc2o1)C(=O)OCC. The van der Waals surface area contributed by atoms with E-state index in [4.69, 9.17) is 23.6 Å². The Kier molecular flexibility index (Phi) is 9.49. The average molecular weight is 566 g/mol. The molecule has 1 aromatic heterocycles. The molecule has 0 aliphatic carbocycles. The van der Waals surface area contributed by atoms with E-state index in [1.54, 1.807) is 13.8 Å². The number of fused-ring (bicyclic) bond motifs is 2. The second-order valence-electron chi connectivity index (χ2n) is 10.0. The molecular formula is C35H35NO6. The smallest absolute Gasteiger partial charge is 0.320 e. The minimum Gasteiger partial charge on any atom is -0.493 e. The van der Waals surface area contributed by atoms with Crippen LogP contribution in [0.5, 0.6) is 5.75 Å². The maximum absolute atomic E-state index is 12.2. The summed E-state index contributed by atoms with van der Waals surface area (Å²) < 4.78 is 22.6. The Morgan fingerprint density at radius 2 is 1.45 bits per heavy atom. The van der Waals surface area contributed by atoms with Crippen LogP contribution in [0.3, 0.4) is 0 Å². The highest BCUT2D eigenvalue weighted by atomic mass is 16.6. The molecule has 5 aromatic rings. The molecule has 4 aromatic carbocycles. The molecular weight excluding hydrogens is 530 g/mol. The minimum atomic E-state index is -0.889. The summed E-state index contributed by atoms with van der Waals surface area (Å²) in [6.45, 7) is 4.37. The van der Waals surface area contributed by atoms with Crippen molar-refractivity contribution in [1.29, 1.82) is 0 Å². The summed E-state index contributed by atoms with van der Waals surface area (Å²) in [5.74, 6) is -0.744. The molecule has 0 saturated heterocycles. The Hall–Kier alpha value is -4.65. The molecule has 5 rings (SSSR count). The molecule has 0 aliphatic rings. The highest BCUT2D eigenvalue weighted by Gasteiger charge is 2.28. The quantitative estimate of drug-likeness (QED) is 0.0812. The summed E-state index contributed by atoms with van der Waals surface area (Å²) in [5, 5.41) is 2.13. The number of oxazole rings is 1. The van der Waals surface area contributed by atoms with Gasteiger partial charge in [0, 0.05) is 0 Å². The van der Waals surface area contributed by atoms with E-state index >= 15 is 0 Å². The van der Waals surface area contributed by atoms with Crippen molar-refractivity contribution in [1.82, 2.24) is 4.98 Å². The van der Waals surface area contributed by atoms with Gasteiger partial charge in [-0.25, -0.2) is 4.98 Å². The fourth-order valence-electron chi connectivity index (χ4n) is 4.99. The summed E-state index contributed by atoms with van der Waals surface area (Å²) in [5.41, 5.74) is 4.47. The highest BCUT2D eigenvalue weighted by Crippen LogP contribution is 2.36. The van der Waals surface area contributed by atoms with Crippen molar-refractivity contribution in [3.63, 3.8) is 0 Å². The average Bonchev–Trinajstić information content (AvgIpc) is 3.44. The van der Waals surface area contributed by atoms with Gasteiger partial charge in [0.25, 0.3) is 0 Å². The zero-order valence-corrected chi connectivity index (χ0v) is 24.0. The maximum Gasteiger partial charge on any atom is 0.320 e. The number of hydrogen-bond donors (Lipinski definition) is 0. The van der Waals surface area contributed by atoms with Crippen molar-refractivity contribution in [3.8, 4) is 28.3 Å². The fraction of sp³-hybridized carbons (Fsp3) is 0.286. The number of hydrogen-bond acceptors (Lipinski definition) is 7. The van der Waals surface area contributed by atoms with Crippen LogP contribution in [0.1, 0.15) is 39.5 Å². The van der Waals surface area contributed by atoms with Crippen molar-refractivity contribution >= 4 is 33.8 Å². The molecule has 0 atom stereocenters. The largest absolute Gasteiger partial charge is 0.493 e. The number of unbranched alkanes of at least 4 members (excludes halogenated alkanes) is 2. The maximum atomic E-state index is 12.2. The molecule has 7 nitrogen and oxygen atoms in total. The van der Waals surface area contributed by atoms with Crippen LogP contribution in [-0.2, 0) is 19.1 Å². The lowest BCUT2D eigenvalue weighted by Crippen LogP contribution is -2.28. The Balaban J connectivity index is 1.29. The van der Waals surface area contributed by atoms with Gasteiger partial charge in [-0.1, -0.05) is 73.5 Å². The highest BCUT2D eigenvalue weighted by molar-refractivity contribution is 5.95. The molecule has 216 valence electrons. The van der Waals surface area contributed by atoms with Gasteiger partial charge in [0.2, 0.25) is 5.89 Å². The first-order valence-electron chi connectivity index (χ1n) is 14.5. The van der Waals surface area contributed by atoms with Crippen LogP contribution in [0.15, 0.2) is 89.3 Å². The molecule has 0 fully saturated rings. The van der Waals surface area contributed by atoms with E-state index < -0.39 is 17.9 Å². The van der Waals surface area contributed by atoms with Gasteiger partial charge < -0.3 is 18.6 Å². The van der Waals surface area contributed by atoms with E-state index in [-0.39, 0.29) is 13.2 Å². The van der Waals surface area contributed by atoms with E-state index in [1.165, 1.54) is 0 Å². The first kappa shape index (κ1) is 28.9. The fourth-order valence-corrected chi connectivity index (χ4v) is 4.99. The minimum absolute atomic E-state index is 0.227. The van der Waals surface area contributed by atoms with E-state index in [0.717, 1.165) is 45.8 Å². The molecule has 0 spiro atoms. The predicted octanol–water partition coefficient (Wildman–Crippen LogP) is 8.00. The summed E-state index contributed by atoms with van der Waals surface area (Å²) in [6, 6.07) is 28.4. The summed E-state index contributed by atoms with van der Waals surface area (Å²) in [7, 11) is 0. The second kappa shape index (κ2) is 13.8. The molecule has 42 heavy (non-hydrogen) atoms. The van der Waals surface area contributed by atoms with E-state index in [2.05, 4.69) is 30.3 Å². The normalized spacial score (nSPS) is 11.2. The van der Waals surface area contributed by atoms with Crippen LogP contribution in [0, 0.1) is 5.92 Å². The molecule has 0 unspecified atom stereocenters. The van der Waals surface area contributed by atoms with Crippen LogP contribution < -0.4 is 4.74 Å². The standard InChI is InChI=1S/C35H35NO6/c1-3-39-34(37)28(35(38)40-4-2)17-9-6-12-20-41-32-23-26-16-11-10-15-25(26)21-29(32)33-36-30-22-27(18-19-31(30)42-33)24-13-7-5-8-14-24/h5,7-8,10-11,13-16,18-19,21-23,28H,3-4,6,9,12,17,20H2,1-2H3. The predicted molar refractivity (Wildman–Crippen MR) is 163 cm³/mol. The van der Waals surface area contributed by atoms with Gasteiger partial charge in [0.05, 0.1) is 25.4 Å². The van der Waals surface area contributed by atoms with Crippen LogP contribution in [-0.4, -0.2) is 36.7 Å². The Labute approximate surface area is 245 Å². The summed E-state index contributed by atoms with van der Waals surface area (Å²) >= 11 is 0. The monoisotopic (exact) mass is 565 g/mol. The number of esters is 2. The van der Waals surface area contributed by atoms with Gasteiger partial charge >= 0.3 is 11.9 Å². The van der Waals surface area contributed by atoms with Gasteiger partial charge in [0.1, 0.15) is 11.3 Å². The van der Waals surface area contributed by atoms with E-state index in [9.17, 15) is 9.59 Å². The molecule has 0 N–H and O–H groups in total. The number of benzene rings is 4. The molecule has 0 bridgehead atoms. The van der Waals surface area contributed by atoms with Gasteiger partial charge in [-0.2, -0.15) is 0 Å². The number of aromatic nitrogens is 1. The summed E-state index contributed by atoms with van der Waals surface area (Å²) in [4.78, 5) is 29.3. The molecule has 0 radical (unpaired) electrons. The third-order valence-electron chi connectivity index (χ3n) is 7.11. The van der Waals surface area contributed by atoms with Gasteiger partial charge in [-0.15, -0.1) is 0 Å². The van der Waals surface area contributed by atoms with Crippen molar-refractivity contribution < 1.29 is 28.2 Å². The lowest BCUT2D eigenvalue weighted by atomic mass is 10.0. The van der Waals surface area contributed by atoms with Crippen molar-refractivity contribution in [2.45, 2.75) is 39.5 Å². The third-order valence-corrected chi connectivity index (χ3v) is 7.11. The Bertz CT molecular complexity index is 1640. The third kappa shape index (κ3) is 6.79. The molecule has 7 heteroatoms. The van der Waals surface area contributed by atoms with Crippen LogP contribution >= 0.6 is 0 Å². The van der Waals surface area contributed by atoms with Gasteiger partial charge in [0.15, 0.2) is 11.5 Å². The number of carbonyl (C=O) groups is 2. The van der Waals surface area contributed by atoms with Crippen molar-refractivity contribution in [3.05, 3.63) is 84.9 Å². The van der Waals surface area contributed by atoms with Crippen molar-refractivity contribution in [2.75, 3.05) is 19.8 Å². The van der Waals surface area contributed by atoms with Gasteiger partial charge in [-0.05, 0) is 72.9 Å². The molecule has 0 saturated carbocycles. The number of ether oxygens (including phenoxy) is 3. The van der Waals surface area contributed by atoms with Crippen LogP contribution in [0.25, 0.3) is 44.5 Å². The first-order chi connectivity index (χ1) is 20.6. The Morgan fingerprint density at radius 1 is 0.762 bits per heavy atom. The summed E-state index contributed by atoms with van der Waals surface area (Å²) in [6.07, 6.45) is 2.58. The molecule has 1 heterocycles. The lowest BCUT2D eigenvalue weighted by Gasteiger charge is -2.14. The Morgan fingerprint density at radius 3 is 2.17 bits per heavy atom. The van der Waals surface area contributed by atoms with E-state index in [0.29, 0.717) is 36.7 Å². The number of nitrogens with zero attached hydrogens (tertiary/aromatic N) is 1. The topological polar surface area (TPSA) is 87.9 Å². The molecule has 0 amide bonds. The van der Waals surface area contributed by atoms with Crippen LogP contribution in [0.4, 0.5) is 0 Å². The zero-order chi connectivity index (χ0) is 29.3. The molecule has 0 aliphatic heterocycles. The second-order valence-corrected chi connectivity index (χ2v) is 10.0. The number of carbonyl (C=O) groups excluding carboxylic acids is 2. The van der Waals surface area contributed by atoms with Gasteiger partial charge in [-0.3, -0.25) is 9.59 Å². The van der Waals surface area contributed by atoms with Crippen LogP contribution in [0.2, 0.25) is 0 Å². The number of rotatable bonds is 13. The van der Waals surface area contributed by atoms with E-state index in [1.807, 2.05) is 54.6 Å². The zero-order valence-electron chi connectivity index (χ0n) is 24.0. The first-order valence-corrected chi connectivity index (χ1v) is 14.5.